The predicted molar refractivity (Wildman–Crippen MR) is 60.1 cm³/mol. The lowest BCUT2D eigenvalue weighted by atomic mass is 10.0. The highest BCUT2D eigenvalue weighted by molar-refractivity contribution is 5.87. The molecule has 1 aromatic rings. The molecule has 1 fully saturated rings. The zero-order valence-corrected chi connectivity index (χ0v) is 9.66. The smallest absolute Gasteiger partial charge is 0.324 e. The van der Waals surface area contributed by atoms with E-state index >= 15 is 0 Å². The van der Waals surface area contributed by atoms with Gasteiger partial charge in [0.15, 0.2) is 0 Å². The van der Waals surface area contributed by atoms with E-state index in [0.717, 1.165) is 19.5 Å². The molecule has 0 saturated carbocycles. The Hall–Kier alpha value is -1.59. The molecule has 1 aliphatic heterocycles. The van der Waals surface area contributed by atoms with Gasteiger partial charge in [0.05, 0.1) is 0 Å². The van der Waals surface area contributed by atoms with Crippen LogP contribution in [0.1, 0.15) is 25.6 Å². The molecule has 16 heavy (non-hydrogen) atoms. The molecular formula is C10H17N5O. The number of carbonyl (C=O) groups excluding carboxylic acids is 1. The van der Waals surface area contributed by atoms with Crippen LogP contribution in [-0.4, -0.2) is 39.2 Å². The highest BCUT2D eigenvalue weighted by Crippen LogP contribution is 2.16. The van der Waals surface area contributed by atoms with E-state index in [2.05, 4.69) is 27.4 Å². The van der Waals surface area contributed by atoms with Gasteiger partial charge in [-0.15, -0.1) is 5.10 Å². The van der Waals surface area contributed by atoms with Crippen molar-refractivity contribution in [3.63, 3.8) is 0 Å². The number of anilines is 1. The second-order valence-corrected chi connectivity index (χ2v) is 4.37. The first-order valence-corrected chi connectivity index (χ1v) is 5.60. The lowest BCUT2D eigenvalue weighted by Gasteiger charge is -2.30. The van der Waals surface area contributed by atoms with Gasteiger partial charge in [0.1, 0.15) is 5.82 Å². The van der Waals surface area contributed by atoms with Crippen LogP contribution in [-0.2, 0) is 0 Å². The zero-order chi connectivity index (χ0) is 11.5. The summed E-state index contributed by atoms with van der Waals surface area (Å²) in [5.41, 5.74) is 0. The van der Waals surface area contributed by atoms with Crippen LogP contribution in [0.3, 0.4) is 0 Å². The SMILES string of the molecule is Cc1nc(NC(=O)N2CCCC(C)C2)n[nH]1. The van der Waals surface area contributed by atoms with E-state index in [1.807, 2.05) is 4.90 Å². The second-order valence-electron chi connectivity index (χ2n) is 4.37. The molecule has 0 aliphatic carbocycles. The molecule has 0 aromatic carbocycles. The highest BCUT2D eigenvalue weighted by Gasteiger charge is 2.21. The summed E-state index contributed by atoms with van der Waals surface area (Å²) in [6.45, 7) is 5.59. The number of likely N-dealkylation sites (tertiary alicyclic amines) is 1. The third-order valence-electron chi connectivity index (χ3n) is 2.76. The molecule has 88 valence electrons. The number of nitrogens with one attached hydrogen (secondary N) is 2. The molecule has 1 atom stereocenters. The number of amides is 2. The Morgan fingerprint density at radius 1 is 1.62 bits per heavy atom. The number of hydrogen-bond donors (Lipinski definition) is 2. The Balaban J connectivity index is 1.92. The minimum absolute atomic E-state index is 0.106. The summed E-state index contributed by atoms with van der Waals surface area (Å²) < 4.78 is 0. The third-order valence-corrected chi connectivity index (χ3v) is 2.76. The van der Waals surface area contributed by atoms with Crippen LogP contribution in [0.5, 0.6) is 0 Å². The standard InChI is InChI=1S/C10H17N5O/c1-7-4-3-5-15(6-7)10(16)12-9-11-8(2)13-14-9/h7H,3-6H2,1-2H3,(H2,11,12,13,14,16). The second kappa shape index (κ2) is 4.51. The molecule has 2 N–H and O–H groups in total. The van der Waals surface area contributed by atoms with E-state index < -0.39 is 0 Å². The molecule has 2 heterocycles. The van der Waals surface area contributed by atoms with Gasteiger partial charge in [-0.25, -0.2) is 4.79 Å². The number of aromatic amines is 1. The molecule has 1 aliphatic rings. The van der Waals surface area contributed by atoms with Crippen molar-refractivity contribution in [3.8, 4) is 0 Å². The maximum absolute atomic E-state index is 11.8. The molecule has 1 unspecified atom stereocenters. The Morgan fingerprint density at radius 3 is 3.06 bits per heavy atom. The van der Waals surface area contributed by atoms with Gasteiger partial charge < -0.3 is 4.90 Å². The van der Waals surface area contributed by atoms with Gasteiger partial charge in [-0.3, -0.25) is 10.4 Å². The third kappa shape index (κ3) is 2.50. The first kappa shape index (κ1) is 10.9. The maximum Gasteiger partial charge on any atom is 0.324 e. The Morgan fingerprint density at radius 2 is 2.44 bits per heavy atom. The van der Waals surface area contributed by atoms with Crippen molar-refractivity contribution in [2.45, 2.75) is 26.7 Å². The molecule has 2 amide bonds. The van der Waals surface area contributed by atoms with Crippen molar-refractivity contribution in [1.82, 2.24) is 20.1 Å². The van der Waals surface area contributed by atoms with Gasteiger partial charge in [0.25, 0.3) is 0 Å². The molecule has 0 radical (unpaired) electrons. The fourth-order valence-corrected chi connectivity index (χ4v) is 1.95. The number of urea groups is 1. The minimum atomic E-state index is -0.106. The van der Waals surface area contributed by atoms with E-state index in [1.54, 1.807) is 6.92 Å². The summed E-state index contributed by atoms with van der Waals surface area (Å²) in [6, 6.07) is -0.106. The van der Waals surface area contributed by atoms with Crippen LogP contribution in [0.4, 0.5) is 10.7 Å². The summed E-state index contributed by atoms with van der Waals surface area (Å²) >= 11 is 0. The maximum atomic E-state index is 11.8. The number of aromatic nitrogens is 3. The van der Waals surface area contributed by atoms with Gasteiger partial charge >= 0.3 is 6.03 Å². The first-order valence-electron chi connectivity index (χ1n) is 5.60. The Bertz CT molecular complexity index is 375. The average Bonchev–Trinajstić information content (AvgIpc) is 2.64. The number of carbonyl (C=O) groups is 1. The van der Waals surface area contributed by atoms with Crippen molar-refractivity contribution in [2.75, 3.05) is 18.4 Å². The van der Waals surface area contributed by atoms with Crippen molar-refractivity contribution in [1.29, 1.82) is 0 Å². The summed E-state index contributed by atoms with van der Waals surface area (Å²) in [4.78, 5) is 17.7. The largest absolute Gasteiger partial charge is 0.324 e. The summed E-state index contributed by atoms with van der Waals surface area (Å²) in [7, 11) is 0. The van der Waals surface area contributed by atoms with Crippen molar-refractivity contribution < 1.29 is 4.79 Å². The molecule has 6 nitrogen and oxygen atoms in total. The van der Waals surface area contributed by atoms with Gasteiger partial charge in [-0.2, -0.15) is 4.98 Å². The van der Waals surface area contributed by atoms with E-state index in [-0.39, 0.29) is 6.03 Å². The van der Waals surface area contributed by atoms with Gasteiger partial charge in [-0.1, -0.05) is 6.92 Å². The number of piperidine rings is 1. The molecule has 6 heteroatoms. The Labute approximate surface area is 94.4 Å². The van der Waals surface area contributed by atoms with Crippen LogP contribution < -0.4 is 5.32 Å². The summed E-state index contributed by atoms with van der Waals surface area (Å²) in [5, 5.41) is 9.25. The van der Waals surface area contributed by atoms with Crippen molar-refractivity contribution in [3.05, 3.63) is 5.82 Å². The quantitative estimate of drug-likeness (QED) is 0.755. The summed E-state index contributed by atoms with van der Waals surface area (Å²) in [6.07, 6.45) is 2.27. The monoisotopic (exact) mass is 223 g/mol. The van der Waals surface area contributed by atoms with Crippen molar-refractivity contribution in [2.24, 2.45) is 5.92 Å². The Kier molecular flexibility index (Phi) is 3.07. The molecule has 1 saturated heterocycles. The number of nitrogens with zero attached hydrogens (tertiary/aromatic N) is 3. The fraction of sp³-hybridized carbons (Fsp3) is 0.700. The van der Waals surface area contributed by atoms with Crippen LogP contribution in [0.15, 0.2) is 0 Å². The minimum Gasteiger partial charge on any atom is -0.324 e. The van der Waals surface area contributed by atoms with Crippen LogP contribution in [0, 0.1) is 12.8 Å². The van der Waals surface area contributed by atoms with Crippen molar-refractivity contribution >= 4 is 12.0 Å². The number of aryl methyl sites for hydroxylation is 1. The highest BCUT2D eigenvalue weighted by atomic mass is 16.2. The van der Waals surface area contributed by atoms with Crippen LogP contribution in [0.25, 0.3) is 0 Å². The lowest BCUT2D eigenvalue weighted by Crippen LogP contribution is -2.41. The van der Waals surface area contributed by atoms with E-state index in [1.165, 1.54) is 6.42 Å². The molecular weight excluding hydrogens is 206 g/mol. The molecule has 0 spiro atoms. The fourth-order valence-electron chi connectivity index (χ4n) is 1.95. The van der Waals surface area contributed by atoms with Gasteiger partial charge in [-0.05, 0) is 25.7 Å². The normalized spacial score (nSPS) is 20.9. The average molecular weight is 223 g/mol. The van der Waals surface area contributed by atoms with E-state index in [9.17, 15) is 4.79 Å². The van der Waals surface area contributed by atoms with E-state index in [4.69, 9.17) is 0 Å². The van der Waals surface area contributed by atoms with Crippen LogP contribution in [0.2, 0.25) is 0 Å². The van der Waals surface area contributed by atoms with Gasteiger partial charge in [0.2, 0.25) is 5.95 Å². The molecule has 0 bridgehead atoms. The van der Waals surface area contributed by atoms with Gasteiger partial charge in [0, 0.05) is 13.1 Å². The summed E-state index contributed by atoms with van der Waals surface area (Å²) in [5.74, 6) is 1.62. The van der Waals surface area contributed by atoms with Crippen LogP contribution >= 0.6 is 0 Å². The molecule has 2 rings (SSSR count). The predicted octanol–water partition coefficient (Wildman–Crippen LogP) is 1.38. The lowest BCUT2D eigenvalue weighted by molar-refractivity contribution is 0.182. The number of H-pyrrole nitrogens is 1. The number of hydrogen-bond acceptors (Lipinski definition) is 3. The molecule has 1 aromatic heterocycles. The van der Waals surface area contributed by atoms with E-state index in [0.29, 0.717) is 17.7 Å². The topological polar surface area (TPSA) is 73.9 Å². The number of rotatable bonds is 1. The first-order chi connectivity index (χ1) is 7.65. The zero-order valence-electron chi connectivity index (χ0n) is 9.66.